The number of pyridine rings is 1. The summed E-state index contributed by atoms with van der Waals surface area (Å²) in [5.41, 5.74) is 17.3. The van der Waals surface area contributed by atoms with Crippen molar-refractivity contribution in [3.63, 3.8) is 0 Å². The fourth-order valence-electron chi connectivity index (χ4n) is 3.70. The molecule has 0 radical (unpaired) electrons. The fraction of sp³-hybridized carbons (Fsp3) is 0.222. The molecule has 3 rings (SSSR count). The Labute approximate surface area is 232 Å². The Kier molecular flexibility index (Phi) is 11.6. The Morgan fingerprint density at radius 1 is 0.902 bits per heavy atom. The lowest BCUT2D eigenvalue weighted by atomic mass is 9.98. The van der Waals surface area contributed by atoms with Crippen LogP contribution in [0, 0.1) is 0 Å². The summed E-state index contributed by atoms with van der Waals surface area (Å²) in [6.45, 7) is 0.288. The second kappa shape index (κ2) is 14.9. The molecule has 1 aromatic heterocycles. The smallest absolute Gasteiger partial charge is 0.475 e. The van der Waals surface area contributed by atoms with Gasteiger partial charge in [0.2, 0.25) is 5.91 Å². The van der Waals surface area contributed by atoms with Crippen LogP contribution in [0.1, 0.15) is 40.4 Å². The van der Waals surface area contributed by atoms with Crippen molar-refractivity contribution in [2.75, 3.05) is 6.54 Å². The molecule has 218 valence electrons. The number of aliphatic carboxylic acids is 1. The van der Waals surface area contributed by atoms with E-state index in [1.54, 1.807) is 12.3 Å². The number of hydrogen-bond acceptors (Lipinski definition) is 5. The molecule has 1 atom stereocenters. The van der Waals surface area contributed by atoms with Gasteiger partial charge in [-0.3, -0.25) is 19.4 Å². The highest BCUT2D eigenvalue weighted by molar-refractivity contribution is 5.97. The number of nitrogens with zero attached hydrogens (tertiary/aromatic N) is 2. The largest absolute Gasteiger partial charge is 0.490 e. The molecular formula is C27H29F3N6O5. The van der Waals surface area contributed by atoms with Crippen LogP contribution in [0.3, 0.4) is 0 Å². The number of aromatic nitrogens is 1. The Balaban J connectivity index is 0.000000745. The first-order chi connectivity index (χ1) is 19.3. The van der Waals surface area contributed by atoms with Crippen LogP contribution in [0.2, 0.25) is 0 Å². The average Bonchev–Trinajstić information content (AvgIpc) is 2.92. The van der Waals surface area contributed by atoms with Gasteiger partial charge in [0, 0.05) is 12.7 Å². The van der Waals surface area contributed by atoms with E-state index >= 15 is 0 Å². The highest BCUT2D eigenvalue weighted by Crippen LogP contribution is 2.25. The summed E-state index contributed by atoms with van der Waals surface area (Å²) in [6, 6.07) is 20.7. The van der Waals surface area contributed by atoms with Gasteiger partial charge in [-0.2, -0.15) is 13.2 Å². The highest BCUT2D eigenvalue weighted by atomic mass is 19.4. The summed E-state index contributed by atoms with van der Waals surface area (Å²) in [5.74, 6) is -4.20. The number of carboxylic acid groups (broad SMARTS) is 1. The molecule has 41 heavy (non-hydrogen) atoms. The Morgan fingerprint density at radius 2 is 1.41 bits per heavy atom. The predicted octanol–water partition coefficient (Wildman–Crippen LogP) is 1.76. The van der Waals surface area contributed by atoms with Gasteiger partial charge in [0.25, 0.3) is 11.5 Å². The van der Waals surface area contributed by atoms with Crippen molar-refractivity contribution >= 4 is 23.7 Å². The number of nitrogens with one attached hydrogen (secondary N) is 1. The van der Waals surface area contributed by atoms with Crippen LogP contribution in [0.25, 0.3) is 0 Å². The third kappa shape index (κ3) is 9.84. The number of aliphatic imine (C=N–C) groups is 1. The van der Waals surface area contributed by atoms with Gasteiger partial charge in [0.15, 0.2) is 5.96 Å². The SMILES string of the molecule is NC(=O)[C@H](CCCN=C(N)N)NC(=O)c1cccn(C(c2ccccc2)c2ccccc2)c1=O.O=C(O)C(F)(F)F. The molecule has 0 saturated carbocycles. The van der Waals surface area contributed by atoms with Crippen molar-refractivity contribution in [2.45, 2.75) is 31.1 Å². The molecule has 0 saturated heterocycles. The third-order valence-corrected chi connectivity index (χ3v) is 5.56. The van der Waals surface area contributed by atoms with Crippen LogP contribution in [0.4, 0.5) is 13.2 Å². The first-order valence-electron chi connectivity index (χ1n) is 12.1. The van der Waals surface area contributed by atoms with Crippen LogP contribution in [0.15, 0.2) is 88.8 Å². The number of guanidine groups is 1. The van der Waals surface area contributed by atoms with Crippen LogP contribution in [-0.2, 0) is 9.59 Å². The maximum atomic E-state index is 13.4. The van der Waals surface area contributed by atoms with Gasteiger partial charge in [-0.1, -0.05) is 60.7 Å². The molecule has 0 unspecified atom stereocenters. The first-order valence-corrected chi connectivity index (χ1v) is 12.1. The predicted molar refractivity (Wildman–Crippen MR) is 145 cm³/mol. The van der Waals surface area contributed by atoms with E-state index in [4.69, 9.17) is 27.1 Å². The van der Waals surface area contributed by atoms with E-state index in [0.717, 1.165) is 11.1 Å². The summed E-state index contributed by atoms with van der Waals surface area (Å²) in [4.78, 5) is 51.0. The van der Waals surface area contributed by atoms with Crippen LogP contribution >= 0.6 is 0 Å². The van der Waals surface area contributed by atoms with Gasteiger partial charge >= 0.3 is 12.1 Å². The van der Waals surface area contributed by atoms with Crippen molar-refractivity contribution in [3.05, 3.63) is 106 Å². The molecule has 2 amide bonds. The molecular weight excluding hydrogens is 545 g/mol. The van der Waals surface area contributed by atoms with E-state index in [1.807, 2.05) is 60.7 Å². The number of nitrogens with two attached hydrogens (primary N) is 3. The number of benzene rings is 2. The van der Waals surface area contributed by atoms with E-state index in [0.29, 0.717) is 6.42 Å². The number of hydrogen-bond donors (Lipinski definition) is 5. The molecule has 0 bridgehead atoms. The lowest BCUT2D eigenvalue weighted by Gasteiger charge is -2.22. The number of halogens is 3. The van der Waals surface area contributed by atoms with Crippen molar-refractivity contribution in [2.24, 2.45) is 22.2 Å². The van der Waals surface area contributed by atoms with Gasteiger partial charge in [-0.05, 0) is 36.1 Å². The number of primary amides is 1. The van der Waals surface area contributed by atoms with E-state index in [2.05, 4.69) is 10.3 Å². The van der Waals surface area contributed by atoms with E-state index in [-0.39, 0.29) is 24.5 Å². The zero-order chi connectivity index (χ0) is 30.6. The minimum absolute atomic E-state index is 0.0594. The third-order valence-electron chi connectivity index (χ3n) is 5.56. The second-order valence-corrected chi connectivity index (χ2v) is 8.54. The number of amides is 2. The van der Waals surface area contributed by atoms with E-state index in [1.165, 1.54) is 10.6 Å². The molecule has 0 fully saturated rings. The summed E-state index contributed by atoms with van der Waals surface area (Å²) in [6.07, 6.45) is -2.78. The van der Waals surface area contributed by atoms with Crippen molar-refractivity contribution < 1.29 is 32.7 Å². The lowest BCUT2D eigenvalue weighted by molar-refractivity contribution is -0.192. The summed E-state index contributed by atoms with van der Waals surface area (Å²) in [7, 11) is 0. The number of carbonyl (C=O) groups excluding carboxylic acids is 2. The minimum Gasteiger partial charge on any atom is -0.475 e. The first kappa shape index (κ1) is 32.1. The Bertz CT molecular complexity index is 1370. The summed E-state index contributed by atoms with van der Waals surface area (Å²) < 4.78 is 33.2. The summed E-state index contributed by atoms with van der Waals surface area (Å²) in [5, 5.41) is 9.69. The van der Waals surface area contributed by atoms with Crippen molar-refractivity contribution in [3.8, 4) is 0 Å². The van der Waals surface area contributed by atoms with Crippen molar-refractivity contribution in [1.82, 2.24) is 9.88 Å². The Morgan fingerprint density at radius 3 is 1.85 bits per heavy atom. The molecule has 1 heterocycles. The zero-order valence-electron chi connectivity index (χ0n) is 21.6. The highest BCUT2D eigenvalue weighted by Gasteiger charge is 2.38. The van der Waals surface area contributed by atoms with Crippen LogP contribution in [0.5, 0.6) is 0 Å². The molecule has 3 aromatic rings. The normalized spacial score (nSPS) is 11.5. The maximum Gasteiger partial charge on any atom is 0.490 e. The molecule has 0 spiro atoms. The number of alkyl halides is 3. The van der Waals surface area contributed by atoms with Crippen LogP contribution < -0.4 is 28.1 Å². The Hall–Kier alpha value is -5.14. The van der Waals surface area contributed by atoms with E-state index < -0.39 is 41.6 Å². The van der Waals surface area contributed by atoms with Crippen molar-refractivity contribution in [1.29, 1.82) is 0 Å². The minimum atomic E-state index is -5.08. The van der Waals surface area contributed by atoms with Gasteiger partial charge in [0.1, 0.15) is 11.6 Å². The molecule has 0 aliphatic rings. The second-order valence-electron chi connectivity index (χ2n) is 8.54. The molecule has 11 nitrogen and oxygen atoms in total. The van der Waals surface area contributed by atoms with Gasteiger partial charge in [-0.25, -0.2) is 4.79 Å². The average molecular weight is 575 g/mol. The molecule has 8 N–H and O–H groups in total. The summed E-state index contributed by atoms with van der Waals surface area (Å²) >= 11 is 0. The van der Waals surface area contributed by atoms with Gasteiger partial charge in [0.05, 0.1) is 6.04 Å². The standard InChI is InChI=1S/C25H28N6O3.C2HF3O2/c26-22(32)20(14-7-15-29-25(27)28)30-23(33)19-13-8-16-31(24(19)34)21(17-9-3-1-4-10-17)18-11-5-2-6-12-18;3-2(4,5)1(6)7/h1-6,8-13,16,20-21H,7,14-15H2,(H2,26,32)(H,30,33)(H4,27,28,29);(H,6,7)/t20-;/m0./s1. The molecule has 0 aliphatic carbocycles. The van der Waals surface area contributed by atoms with E-state index in [9.17, 15) is 27.6 Å². The fourth-order valence-corrected chi connectivity index (χ4v) is 3.70. The van der Waals surface area contributed by atoms with Crippen LogP contribution in [-0.4, -0.2) is 52.2 Å². The topological polar surface area (TPSA) is 196 Å². The lowest BCUT2D eigenvalue weighted by Crippen LogP contribution is -2.46. The van der Waals surface area contributed by atoms with Gasteiger partial charge < -0.3 is 32.2 Å². The molecule has 2 aromatic carbocycles. The quantitative estimate of drug-likeness (QED) is 0.138. The molecule has 0 aliphatic heterocycles. The number of carbonyl (C=O) groups is 3. The van der Waals surface area contributed by atoms with Gasteiger partial charge in [-0.15, -0.1) is 0 Å². The zero-order valence-corrected chi connectivity index (χ0v) is 21.6. The number of carboxylic acids is 1. The number of rotatable bonds is 10. The maximum absolute atomic E-state index is 13.4. The monoisotopic (exact) mass is 574 g/mol. The molecule has 14 heteroatoms.